The molecule has 0 spiro atoms. The van der Waals surface area contributed by atoms with Crippen molar-refractivity contribution in [2.24, 2.45) is 0 Å². The van der Waals surface area contributed by atoms with Crippen molar-refractivity contribution in [3.05, 3.63) is 0 Å². The van der Waals surface area contributed by atoms with Crippen LogP contribution in [-0.2, 0) is 0 Å². The Labute approximate surface area is 193 Å². The number of nitriles is 6. The predicted molar refractivity (Wildman–Crippen MR) is 118 cm³/mol. The van der Waals surface area contributed by atoms with Crippen molar-refractivity contribution in [2.45, 2.75) is 38.5 Å². The third kappa shape index (κ3) is 9.35. The standard InChI is InChI=1S/C21H24N12/c22-7-1-13-31(14-2-8-23)19-28-20(32(15-3-9-24)16-4-10-25)30-21(29-19)33(17-5-11-26)18-6-12-27/h1-6,13-18H2. The van der Waals surface area contributed by atoms with Gasteiger partial charge in [-0.3, -0.25) is 0 Å². The molecule has 1 heterocycles. The fourth-order valence-electron chi connectivity index (χ4n) is 2.81. The van der Waals surface area contributed by atoms with Gasteiger partial charge in [-0.15, -0.1) is 0 Å². The summed E-state index contributed by atoms with van der Waals surface area (Å²) in [6, 6.07) is 12.4. The average molecular weight is 445 g/mol. The van der Waals surface area contributed by atoms with Crippen LogP contribution in [0.15, 0.2) is 0 Å². The second-order valence-electron chi connectivity index (χ2n) is 6.65. The Kier molecular flexibility index (Phi) is 12.9. The molecule has 0 aromatic carbocycles. The zero-order valence-corrected chi connectivity index (χ0v) is 18.4. The van der Waals surface area contributed by atoms with E-state index in [0.29, 0.717) is 39.3 Å². The minimum absolute atomic E-state index is 0.195. The largest absolute Gasteiger partial charge is 0.339 e. The molecule has 0 unspecified atom stereocenters. The van der Waals surface area contributed by atoms with Crippen molar-refractivity contribution in [3.63, 3.8) is 0 Å². The Hall–Kier alpha value is -4.65. The summed E-state index contributed by atoms with van der Waals surface area (Å²) in [4.78, 5) is 18.7. The van der Waals surface area contributed by atoms with E-state index in [1.165, 1.54) is 0 Å². The third-order valence-electron chi connectivity index (χ3n) is 4.41. The molecule has 33 heavy (non-hydrogen) atoms. The zero-order valence-electron chi connectivity index (χ0n) is 18.4. The molecule has 168 valence electrons. The molecule has 0 aliphatic heterocycles. The highest BCUT2D eigenvalue weighted by Gasteiger charge is 2.20. The maximum atomic E-state index is 9.03. The van der Waals surface area contributed by atoms with E-state index < -0.39 is 0 Å². The number of aromatic nitrogens is 3. The Morgan fingerprint density at radius 2 is 0.576 bits per heavy atom. The van der Waals surface area contributed by atoms with Crippen LogP contribution in [0.25, 0.3) is 0 Å². The van der Waals surface area contributed by atoms with Gasteiger partial charge in [-0.2, -0.15) is 46.5 Å². The fourth-order valence-corrected chi connectivity index (χ4v) is 2.81. The van der Waals surface area contributed by atoms with Crippen LogP contribution in [0, 0.1) is 68.0 Å². The molecule has 0 saturated carbocycles. The van der Waals surface area contributed by atoms with Gasteiger partial charge in [0, 0.05) is 39.3 Å². The van der Waals surface area contributed by atoms with Crippen molar-refractivity contribution in [1.29, 1.82) is 31.6 Å². The van der Waals surface area contributed by atoms with Crippen molar-refractivity contribution >= 4 is 17.8 Å². The molecule has 0 atom stereocenters. The summed E-state index contributed by atoms with van der Waals surface area (Å²) < 4.78 is 0. The van der Waals surface area contributed by atoms with Crippen LogP contribution >= 0.6 is 0 Å². The summed E-state index contributed by atoms with van der Waals surface area (Å²) in [7, 11) is 0. The van der Waals surface area contributed by atoms with E-state index in [4.69, 9.17) is 31.6 Å². The highest BCUT2D eigenvalue weighted by molar-refractivity contribution is 5.47. The monoisotopic (exact) mass is 444 g/mol. The molecule has 0 aliphatic carbocycles. The lowest BCUT2D eigenvalue weighted by Gasteiger charge is -2.27. The van der Waals surface area contributed by atoms with E-state index in [2.05, 4.69) is 51.4 Å². The van der Waals surface area contributed by atoms with Crippen molar-refractivity contribution < 1.29 is 0 Å². The van der Waals surface area contributed by atoms with E-state index in [-0.39, 0.29) is 56.4 Å². The molecule has 0 fully saturated rings. The maximum Gasteiger partial charge on any atom is 0.232 e. The third-order valence-corrected chi connectivity index (χ3v) is 4.41. The summed E-state index contributed by atoms with van der Waals surface area (Å²) >= 11 is 0. The molecule has 12 nitrogen and oxygen atoms in total. The van der Waals surface area contributed by atoms with Crippen LogP contribution in [0.4, 0.5) is 17.8 Å². The number of nitrogens with zero attached hydrogens (tertiary/aromatic N) is 12. The van der Waals surface area contributed by atoms with Gasteiger partial charge in [0.15, 0.2) is 0 Å². The van der Waals surface area contributed by atoms with Crippen LogP contribution < -0.4 is 14.7 Å². The molecular weight excluding hydrogens is 420 g/mol. The summed E-state index contributed by atoms with van der Waals surface area (Å²) in [5.41, 5.74) is 0. The van der Waals surface area contributed by atoms with Gasteiger partial charge >= 0.3 is 0 Å². The number of hydrogen-bond donors (Lipinski definition) is 0. The van der Waals surface area contributed by atoms with Crippen molar-refractivity contribution in [1.82, 2.24) is 15.0 Å². The van der Waals surface area contributed by atoms with E-state index in [1.54, 1.807) is 14.7 Å². The van der Waals surface area contributed by atoms with Gasteiger partial charge in [0.1, 0.15) is 0 Å². The quantitative estimate of drug-likeness (QED) is 0.381. The van der Waals surface area contributed by atoms with Crippen LogP contribution in [0.3, 0.4) is 0 Å². The molecule has 0 amide bonds. The lowest BCUT2D eigenvalue weighted by molar-refractivity contribution is 0.709. The van der Waals surface area contributed by atoms with Gasteiger partial charge in [-0.05, 0) is 0 Å². The highest BCUT2D eigenvalue weighted by atomic mass is 15.4. The summed E-state index contributed by atoms with van der Waals surface area (Å²) in [5.74, 6) is 0.745. The molecule has 0 N–H and O–H groups in total. The van der Waals surface area contributed by atoms with Crippen LogP contribution in [-0.4, -0.2) is 54.2 Å². The van der Waals surface area contributed by atoms with Crippen molar-refractivity contribution in [3.8, 4) is 36.4 Å². The molecule has 0 saturated heterocycles. The second-order valence-corrected chi connectivity index (χ2v) is 6.65. The molecule has 0 aliphatic rings. The van der Waals surface area contributed by atoms with Crippen molar-refractivity contribution in [2.75, 3.05) is 54.0 Å². The Morgan fingerprint density at radius 1 is 0.394 bits per heavy atom. The van der Waals surface area contributed by atoms with Crippen LogP contribution in [0.1, 0.15) is 38.5 Å². The van der Waals surface area contributed by atoms with E-state index in [0.717, 1.165) is 0 Å². The van der Waals surface area contributed by atoms with Gasteiger partial charge in [-0.1, -0.05) is 0 Å². The van der Waals surface area contributed by atoms with E-state index >= 15 is 0 Å². The smallest absolute Gasteiger partial charge is 0.232 e. The molecule has 12 heteroatoms. The number of anilines is 3. The first-order valence-electron chi connectivity index (χ1n) is 10.4. The van der Waals surface area contributed by atoms with E-state index in [9.17, 15) is 0 Å². The van der Waals surface area contributed by atoms with Crippen LogP contribution in [0.5, 0.6) is 0 Å². The normalized spacial score (nSPS) is 9.27. The average Bonchev–Trinajstić information content (AvgIpc) is 2.84. The first-order chi connectivity index (χ1) is 16.1. The Balaban J connectivity index is 3.54. The lowest BCUT2D eigenvalue weighted by Crippen LogP contribution is -2.34. The van der Waals surface area contributed by atoms with Gasteiger partial charge < -0.3 is 14.7 Å². The topological polar surface area (TPSA) is 191 Å². The Bertz CT molecular complexity index is 800. The first-order valence-corrected chi connectivity index (χ1v) is 10.4. The van der Waals surface area contributed by atoms with Gasteiger partial charge in [0.2, 0.25) is 17.8 Å². The SMILES string of the molecule is N#CCCN(CCC#N)c1nc(N(CCC#N)CCC#N)nc(N(CCC#N)CCC#N)n1. The van der Waals surface area contributed by atoms with Gasteiger partial charge in [-0.25, -0.2) is 0 Å². The zero-order chi connectivity index (χ0) is 24.3. The lowest BCUT2D eigenvalue weighted by atomic mass is 10.3. The highest BCUT2D eigenvalue weighted by Crippen LogP contribution is 2.21. The first kappa shape index (κ1) is 26.4. The fraction of sp³-hybridized carbons (Fsp3) is 0.571. The van der Waals surface area contributed by atoms with Gasteiger partial charge in [0.25, 0.3) is 0 Å². The van der Waals surface area contributed by atoms with Crippen LogP contribution in [0.2, 0.25) is 0 Å². The Morgan fingerprint density at radius 3 is 0.727 bits per heavy atom. The number of hydrogen-bond acceptors (Lipinski definition) is 12. The summed E-state index contributed by atoms with van der Waals surface area (Å²) in [6.07, 6.45) is 1.17. The molecule has 1 aromatic heterocycles. The predicted octanol–water partition coefficient (Wildman–Crippen LogP) is 1.77. The minimum atomic E-state index is 0.195. The molecule has 0 radical (unpaired) electrons. The molecule has 0 bridgehead atoms. The molecular formula is C21H24N12. The van der Waals surface area contributed by atoms with E-state index in [1.807, 2.05) is 0 Å². The minimum Gasteiger partial charge on any atom is -0.339 e. The number of rotatable bonds is 15. The maximum absolute atomic E-state index is 9.03. The molecule has 1 rings (SSSR count). The van der Waals surface area contributed by atoms with Gasteiger partial charge in [0.05, 0.1) is 74.9 Å². The summed E-state index contributed by atoms with van der Waals surface area (Å²) in [6.45, 7) is 1.80. The second kappa shape index (κ2) is 16.1. The summed E-state index contributed by atoms with van der Waals surface area (Å²) in [5, 5.41) is 54.2. The molecule has 1 aromatic rings.